The van der Waals surface area contributed by atoms with E-state index in [1.54, 1.807) is 30.3 Å². The predicted molar refractivity (Wildman–Crippen MR) is 167 cm³/mol. The Labute approximate surface area is 253 Å². The van der Waals surface area contributed by atoms with Crippen LogP contribution in [0.25, 0.3) is 0 Å². The molecule has 0 saturated heterocycles. The van der Waals surface area contributed by atoms with Crippen molar-refractivity contribution in [2.24, 2.45) is 0 Å². The first-order valence-electron chi connectivity index (χ1n) is 13.3. The highest BCUT2D eigenvalue weighted by atomic mass is 35.5. The van der Waals surface area contributed by atoms with E-state index in [1.165, 1.54) is 4.90 Å². The molecular weight excluding hydrogens is 581 g/mol. The number of sulfonamides is 1. The van der Waals surface area contributed by atoms with Gasteiger partial charge in [-0.2, -0.15) is 0 Å². The number of halogens is 2. The van der Waals surface area contributed by atoms with Gasteiger partial charge in [-0.3, -0.25) is 13.9 Å². The zero-order valence-electron chi connectivity index (χ0n) is 24.0. The lowest BCUT2D eigenvalue weighted by Gasteiger charge is -2.35. The number of hydrogen-bond donors (Lipinski definition) is 1. The number of rotatable bonds is 11. The van der Waals surface area contributed by atoms with Crippen LogP contribution in [-0.2, 0) is 39.0 Å². The van der Waals surface area contributed by atoms with E-state index in [1.807, 2.05) is 70.2 Å². The van der Waals surface area contributed by atoms with Gasteiger partial charge in [0, 0.05) is 18.5 Å². The summed E-state index contributed by atoms with van der Waals surface area (Å²) >= 11 is 12.4. The normalized spacial score (nSPS) is 12.5. The first-order valence-corrected chi connectivity index (χ1v) is 15.9. The van der Waals surface area contributed by atoms with E-state index in [0.29, 0.717) is 27.7 Å². The highest BCUT2D eigenvalue weighted by Crippen LogP contribution is 2.27. The highest BCUT2D eigenvalue weighted by molar-refractivity contribution is 7.92. The Morgan fingerprint density at radius 3 is 2.12 bits per heavy atom. The van der Waals surface area contributed by atoms with Crippen LogP contribution in [0.1, 0.15) is 44.4 Å². The van der Waals surface area contributed by atoms with E-state index in [-0.39, 0.29) is 18.9 Å². The van der Waals surface area contributed by atoms with Gasteiger partial charge < -0.3 is 10.2 Å². The van der Waals surface area contributed by atoms with Crippen molar-refractivity contribution in [3.05, 3.63) is 99.5 Å². The van der Waals surface area contributed by atoms with Gasteiger partial charge in [-0.25, -0.2) is 8.42 Å². The first kappa shape index (κ1) is 32.4. The minimum Gasteiger partial charge on any atom is -0.350 e. The third-order valence-corrected chi connectivity index (χ3v) is 8.29. The molecule has 3 aromatic rings. The molecule has 10 heteroatoms. The van der Waals surface area contributed by atoms with Gasteiger partial charge in [0.15, 0.2) is 0 Å². The standard InChI is InChI=1S/C31H37Cl2N3O4S/c1-6-24-14-10-11-15-27(24)36(41(5,39)40)21-29(37)35(20-23-16-17-25(32)26(33)18-23)28(30(38)34-31(2,3)4)19-22-12-8-7-9-13-22/h7-18,28H,6,19-21H2,1-5H3,(H,34,38). The summed E-state index contributed by atoms with van der Waals surface area (Å²) in [4.78, 5) is 29.4. The number of hydrogen-bond acceptors (Lipinski definition) is 4. The zero-order valence-corrected chi connectivity index (χ0v) is 26.4. The largest absolute Gasteiger partial charge is 0.350 e. The van der Waals surface area contributed by atoms with Crippen molar-refractivity contribution in [3.63, 3.8) is 0 Å². The number of nitrogens with zero attached hydrogens (tertiary/aromatic N) is 2. The van der Waals surface area contributed by atoms with E-state index in [9.17, 15) is 18.0 Å². The van der Waals surface area contributed by atoms with Crippen molar-refractivity contribution in [2.75, 3.05) is 17.1 Å². The smallest absolute Gasteiger partial charge is 0.244 e. The molecule has 3 rings (SSSR count). The first-order chi connectivity index (χ1) is 19.2. The Kier molecular flexibility index (Phi) is 10.9. The fourth-order valence-corrected chi connectivity index (χ4v) is 5.69. The fraction of sp³-hybridized carbons (Fsp3) is 0.355. The summed E-state index contributed by atoms with van der Waals surface area (Å²) < 4.78 is 27.2. The van der Waals surface area contributed by atoms with Crippen molar-refractivity contribution < 1.29 is 18.0 Å². The molecule has 41 heavy (non-hydrogen) atoms. The summed E-state index contributed by atoms with van der Waals surface area (Å²) in [7, 11) is -3.85. The lowest BCUT2D eigenvalue weighted by Crippen LogP contribution is -2.56. The summed E-state index contributed by atoms with van der Waals surface area (Å²) in [5.41, 5.74) is 2.15. The number of carbonyl (C=O) groups is 2. The third kappa shape index (κ3) is 9.21. The summed E-state index contributed by atoms with van der Waals surface area (Å²) in [6, 6.07) is 20.5. The lowest BCUT2D eigenvalue weighted by molar-refractivity contribution is -0.140. The molecule has 0 fully saturated rings. The average molecular weight is 619 g/mol. The van der Waals surface area contributed by atoms with E-state index < -0.39 is 34.1 Å². The number of anilines is 1. The van der Waals surface area contributed by atoms with Crippen LogP contribution in [-0.4, -0.2) is 49.5 Å². The molecule has 0 heterocycles. The quantitative estimate of drug-likeness (QED) is 0.291. The van der Waals surface area contributed by atoms with Gasteiger partial charge in [0.1, 0.15) is 12.6 Å². The Hall–Kier alpha value is -3.07. The second kappa shape index (κ2) is 13.7. The molecule has 0 aliphatic rings. The van der Waals surface area contributed by atoms with Crippen LogP contribution in [0.5, 0.6) is 0 Å². The van der Waals surface area contributed by atoms with E-state index in [2.05, 4.69) is 5.32 Å². The lowest BCUT2D eigenvalue weighted by atomic mass is 10.0. The van der Waals surface area contributed by atoms with Gasteiger partial charge in [0.2, 0.25) is 21.8 Å². The minimum atomic E-state index is -3.85. The second-order valence-corrected chi connectivity index (χ2v) is 13.7. The molecule has 0 bridgehead atoms. The van der Waals surface area contributed by atoms with Gasteiger partial charge in [-0.05, 0) is 62.1 Å². The van der Waals surface area contributed by atoms with Gasteiger partial charge in [0.05, 0.1) is 22.0 Å². The molecule has 220 valence electrons. The van der Waals surface area contributed by atoms with E-state index in [0.717, 1.165) is 21.7 Å². The Morgan fingerprint density at radius 1 is 0.902 bits per heavy atom. The van der Waals surface area contributed by atoms with Crippen molar-refractivity contribution in [2.45, 2.75) is 58.7 Å². The molecule has 0 radical (unpaired) electrons. The van der Waals surface area contributed by atoms with Gasteiger partial charge in [0.25, 0.3) is 0 Å². The average Bonchev–Trinajstić information content (AvgIpc) is 2.90. The molecule has 3 aromatic carbocycles. The van der Waals surface area contributed by atoms with Gasteiger partial charge >= 0.3 is 0 Å². The number of nitrogens with one attached hydrogen (secondary N) is 1. The van der Waals surface area contributed by atoms with Gasteiger partial charge in [-0.1, -0.05) is 84.7 Å². The van der Waals surface area contributed by atoms with Crippen LogP contribution in [0.3, 0.4) is 0 Å². The topological polar surface area (TPSA) is 86.8 Å². The molecule has 0 saturated carbocycles. The molecule has 0 aliphatic heterocycles. The molecule has 0 aromatic heterocycles. The van der Waals surface area contributed by atoms with Crippen LogP contribution < -0.4 is 9.62 Å². The maximum atomic E-state index is 14.2. The maximum Gasteiger partial charge on any atom is 0.244 e. The van der Waals surface area contributed by atoms with Crippen molar-refractivity contribution in [1.82, 2.24) is 10.2 Å². The minimum absolute atomic E-state index is 0.0117. The number of amides is 2. The molecular formula is C31H37Cl2N3O4S. The summed E-state index contributed by atoms with van der Waals surface area (Å²) in [6.45, 7) is 7.04. The molecule has 7 nitrogen and oxygen atoms in total. The number of para-hydroxylation sites is 1. The van der Waals surface area contributed by atoms with Crippen molar-refractivity contribution in [1.29, 1.82) is 0 Å². The molecule has 0 spiro atoms. The Balaban J connectivity index is 2.12. The number of carbonyl (C=O) groups excluding carboxylic acids is 2. The Bertz CT molecular complexity index is 1470. The molecule has 1 unspecified atom stereocenters. The molecule has 0 aliphatic carbocycles. The van der Waals surface area contributed by atoms with Gasteiger partial charge in [-0.15, -0.1) is 0 Å². The molecule has 1 atom stereocenters. The molecule has 1 N–H and O–H groups in total. The van der Waals surface area contributed by atoms with Crippen molar-refractivity contribution >= 4 is 50.7 Å². The van der Waals surface area contributed by atoms with Crippen molar-refractivity contribution in [3.8, 4) is 0 Å². The van der Waals surface area contributed by atoms with Crippen LogP contribution in [0.2, 0.25) is 10.0 Å². The van der Waals surface area contributed by atoms with E-state index in [4.69, 9.17) is 23.2 Å². The summed E-state index contributed by atoms with van der Waals surface area (Å²) in [6.07, 6.45) is 1.87. The second-order valence-electron chi connectivity index (χ2n) is 11.0. The number of benzene rings is 3. The number of aryl methyl sites for hydroxylation is 1. The summed E-state index contributed by atoms with van der Waals surface area (Å²) in [5.74, 6) is -0.882. The predicted octanol–water partition coefficient (Wildman–Crippen LogP) is 5.88. The third-order valence-electron chi connectivity index (χ3n) is 6.43. The highest BCUT2D eigenvalue weighted by Gasteiger charge is 2.34. The van der Waals surface area contributed by atoms with Crippen LogP contribution in [0.4, 0.5) is 5.69 Å². The van der Waals surface area contributed by atoms with Crippen LogP contribution in [0.15, 0.2) is 72.8 Å². The fourth-order valence-electron chi connectivity index (χ4n) is 4.49. The van der Waals surface area contributed by atoms with Crippen LogP contribution in [0, 0.1) is 0 Å². The molecule has 2 amide bonds. The zero-order chi connectivity index (χ0) is 30.4. The monoisotopic (exact) mass is 617 g/mol. The van der Waals surface area contributed by atoms with E-state index >= 15 is 0 Å². The Morgan fingerprint density at radius 2 is 1.54 bits per heavy atom. The SMILES string of the molecule is CCc1ccccc1N(CC(=O)N(Cc1ccc(Cl)c(Cl)c1)C(Cc1ccccc1)C(=O)NC(C)(C)C)S(C)(=O)=O. The summed E-state index contributed by atoms with van der Waals surface area (Å²) in [5, 5.41) is 3.67. The van der Waals surface area contributed by atoms with Crippen LogP contribution >= 0.6 is 23.2 Å². The maximum absolute atomic E-state index is 14.2.